The molecule has 0 radical (unpaired) electrons. The fourth-order valence-corrected chi connectivity index (χ4v) is 4.79. The summed E-state index contributed by atoms with van der Waals surface area (Å²) in [6.07, 6.45) is 6.28. The molecule has 1 aromatic carbocycles. The first-order chi connectivity index (χ1) is 11.2. The Labute approximate surface area is 142 Å². The molecule has 0 atom stereocenters. The van der Waals surface area contributed by atoms with Crippen molar-refractivity contribution in [3.05, 3.63) is 24.3 Å². The summed E-state index contributed by atoms with van der Waals surface area (Å²) in [6, 6.07) is 7.79. The molecule has 0 saturated carbocycles. The van der Waals surface area contributed by atoms with Crippen LogP contribution in [0.4, 0.5) is 5.69 Å². The van der Waals surface area contributed by atoms with Gasteiger partial charge in [0.2, 0.25) is 0 Å². The molecule has 0 aliphatic carbocycles. The van der Waals surface area contributed by atoms with Gasteiger partial charge in [-0.2, -0.15) is 0 Å². The van der Waals surface area contributed by atoms with E-state index in [4.69, 9.17) is 19.0 Å². The van der Waals surface area contributed by atoms with Gasteiger partial charge in [-0.3, -0.25) is 0 Å². The zero-order chi connectivity index (χ0) is 17.0. The Bertz CT molecular complexity index is 402. The largest absolute Gasteiger partial charge is 0.537 e. The lowest BCUT2D eigenvalue weighted by Crippen LogP contribution is -2.57. The van der Waals surface area contributed by atoms with Crippen molar-refractivity contribution in [2.24, 2.45) is 0 Å². The number of benzene rings is 1. The van der Waals surface area contributed by atoms with Crippen molar-refractivity contribution in [1.29, 1.82) is 0 Å². The molecule has 23 heavy (non-hydrogen) atoms. The molecule has 0 saturated heterocycles. The van der Waals surface area contributed by atoms with Gasteiger partial charge in [0.15, 0.2) is 0 Å². The Morgan fingerprint density at radius 3 is 1.70 bits per heavy atom. The fraction of sp³-hybridized carbons (Fsp3) is 0.667. The number of nitrogens with two attached hydrogens (primary N) is 1. The summed E-state index contributed by atoms with van der Waals surface area (Å²) in [5.41, 5.74) is 6.69. The normalized spacial score (nSPS) is 11.8. The van der Waals surface area contributed by atoms with Crippen LogP contribution in [0.2, 0.25) is 0 Å². The lowest BCUT2D eigenvalue weighted by Gasteiger charge is -2.30. The average molecular weight is 340 g/mol. The molecule has 1 rings (SSSR count). The van der Waals surface area contributed by atoms with E-state index in [1.807, 2.05) is 24.3 Å². The van der Waals surface area contributed by atoms with Gasteiger partial charge in [0.1, 0.15) is 0 Å². The third-order valence-corrected chi connectivity index (χ3v) is 6.38. The average Bonchev–Trinajstić information content (AvgIpc) is 2.55. The Kier molecular flexibility index (Phi) is 10.2. The van der Waals surface area contributed by atoms with Gasteiger partial charge in [-0.1, -0.05) is 52.2 Å². The Morgan fingerprint density at radius 2 is 1.30 bits per heavy atom. The topological polar surface area (TPSA) is 53.7 Å². The summed E-state index contributed by atoms with van der Waals surface area (Å²) in [5.74, 6) is 0. The van der Waals surface area contributed by atoms with Crippen LogP contribution in [-0.4, -0.2) is 28.6 Å². The van der Waals surface area contributed by atoms with Crippen LogP contribution in [-0.2, 0) is 13.3 Å². The summed E-state index contributed by atoms with van der Waals surface area (Å²) in [7, 11) is -2.89. The van der Waals surface area contributed by atoms with Gasteiger partial charge in [-0.15, -0.1) is 0 Å². The van der Waals surface area contributed by atoms with Gasteiger partial charge >= 0.3 is 8.80 Å². The lowest BCUT2D eigenvalue weighted by atomic mass is 10.3. The van der Waals surface area contributed by atoms with E-state index in [1.165, 1.54) is 0 Å². The van der Waals surface area contributed by atoms with E-state index < -0.39 is 8.80 Å². The van der Waals surface area contributed by atoms with Crippen molar-refractivity contribution in [2.75, 3.05) is 25.6 Å². The molecule has 0 fully saturated rings. The van der Waals surface area contributed by atoms with Crippen LogP contribution < -0.4 is 10.9 Å². The molecular weight excluding hydrogens is 306 g/mol. The second-order valence-corrected chi connectivity index (χ2v) is 8.34. The predicted molar refractivity (Wildman–Crippen MR) is 98.8 cm³/mol. The van der Waals surface area contributed by atoms with Gasteiger partial charge in [0.25, 0.3) is 0 Å². The highest BCUT2D eigenvalue weighted by Gasteiger charge is 2.44. The molecule has 4 nitrogen and oxygen atoms in total. The first-order valence-electron chi connectivity index (χ1n) is 8.96. The summed E-state index contributed by atoms with van der Waals surface area (Å²) >= 11 is 0. The SMILES string of the molecule is CCCCO[Si](OCCCC)(OCCCC)c1cccc(N)c1. The molecule has 0 unspecified atom stereocenters. The van der Waals surface area contributed by atoms with Crippen molar-refractivity contribution in [2.45, 2.75) is 59.3 Å². The Morgan fingerprint density at radius 1 is 0.826 bits per heavy atom. The molecule has 0 aliphatic rings. The molecular formula is C18H33NO3Si. The maximum atomic E-state index is 6.24. The minimum atomic E-state index is -2.89. The molecule has 0 amide bonds. The number of rotatable bonds is 13. The van der Waals surface area contributed by atoms with Crippen LogP contribution in [0.1, 0.15) is 59.3 Å². The number of nitrogen functional groups attached to an aromatic ring is 1. The van der Waals surface area contributed by atoms with Crippen LogP contribution in [0.5, 0.6) is 0 Å². The van der Waals surface area contributed by atoms with Crippen molar-refractivity contribution in [1.82, 2.24) is 0 Å². The number of hydrogen-bond acceptors (Lipinski definition) is 4. The van der Waals surface area contributed by atoms with Crippen molar-refractivity contribution in [3.63, 3.8) is 0 Å². The minimum Gasteiger partial charge on any atom is -0.399 e. The van der Waals surface area contributed by atoms with E-state index in [2.05, 4.69) is 20.8 Å². The Hall–Kier alpha value is -0.883. The highest BCUT2D eigenvalue weighted by molar-refractivity contribution is 6.75. The summed E-state index contributed by atoms with van der Waals surface area (Å²) in [5, 5.41) is 0.973. The van der Waals surface area contributed by atoms with Crippen molar-refractivity contribution >= 4 is 19.7 Å². The monoisotopic (exact) mass is 339 g/mol. The standard InChI is InChI=1S/C18H33NO3Si/c1-4-7-13-20-23(21-14-8-5-2,22-15-9-6-3)18-12-10-11-17(19)16-18/h10-12,16H,4-9,13-15,19H2,1-3H3. The first kappa shape index (κ1) is 20.2. The van der Waals surface area contributed by atoms with Crippen molar-refractivity contribution < 1.29 is 13.3 Å². The van der Waals surface area contributed by atoms with E-state index >= 15 is 0 Å². The first-order valence-corrected chi connectivity index (χ1v) is 10.7. The number of unbranched alkanes of at least 4 members (excludes halogenated alkanes) is 3. The second-order valence-electron chi connectivity index (χ2n) is 5.79. The minimum absolute atomic E-state index is 0.662. The van der Waals surface area contributed by atoms with E-state index in [-0.39, 0.29) is 0 Å². The van der Waals surface area contributed by atoms with Crippen LogP contribution in [0.25, 0.3) is 0 Å². The fourth-order valence-electron chi connectivity index (χ4n) is 2.16. The molecule has 5 heteroatoms. The zero-order valence-corrected chi connectivity index (χ0v) is 16.0. The van der Waals surface area contributed by atoms with E-state index in [1.54, 1.807) is 0 Å². The Balaban J connectivity index is 2.98. The molecule has 0 aliphatic heterocycles. The zero-order valence-electron chi connectivity index (χ0n) is 15.0. The maximum Gasteiger partial charge on any atom is 0.537 e. The number of hydrogen-bond donors (Lipinski definition) is 1. The van der Waals surface area contributed by atoms with Crippen LogP contribution >= 0.6 is 0 Å². The van der Waals surface area contributed by atoms with Gasteiger partial charge in [0.05, 0.1) is 0 Å². The maximum absolute atomic E-state index is 6.24. The molecule has 1 aromatic rings. The summed E-state index contributed by atoms with van der Waals surface area (Å²) < 4.78 is 18.7. The summed E-state index contributed by atoms with van der Waals surface area (Å²) in [6.45, 7) is 8.45. The highest BCUT2D eigenvalue weighted by Crippen LogP contribution is 2.15. The van der Waals surface area contributed by atoms with E-state index in [0.717, 1.165) is 49.4 Å². The second kappa shape index (κ2) is 11.6. The molecule has 132 valence electrons. The van der Waals surface area contributed by atoms with E-state index in [9.17, 15) is 0 Å². The van der Waals surface area contributed by atoms with Crippen molar-refractivity contribution in [3.8, 4) is 0 Å². The van der Waals surface area contributed by atoms with Crippen LogP contribution in [0.3, 0.4) is 0 Å². The van der Waals surface area contributed by atoms with E-state index in [0.29, 0.717) is 19.8 Å². The third kappa shape index (κ3) is 7.04. The van der Waals surface area contributed by atoms with Crippen LogP contribution in [0, 0.1) is 0 Å². The summed E-state index contributed by atoms with van der Waals surface area (Å²) in [4.78, 5) is 0. The molecule has 0 aromatic heterocycles. The smallest absolute Gasteiger partial charge is 0.399 e. The molecule has 0 spiro atoms. The third-order valence-electron chi connectivity index (χ3n) is 3.61. The van der Waals surface area contributed by atoms with Gasteiger partial charge in [-0.25, -0.2) is 0 Å². The van der Waals surface area contributed by atoms with Gasteiger partial charge in [-0.05, 0) is 31.4 Å². The molecule has 0 heterocycles. The lowest BCUT2D eigenvalue weighted by molar-refractivity contribution is 0.0700. The quantitative estimate of drug-likeness (QED) is 0.337. The number of anilines is 1. The molecule has 0 bridgehead atoms. The van der Waals surface area contributed by atoms with Gasteiger partial charge in [0, 0.05) is 30.7 Å². The molecule has 2 N–H and O–H groups in total. The van der Waals surface area contributed by atoms with Crippen LogP contribution in [0.15, 0.2) is 24.3 Å². The van der Waals surface area contributed by atoms with Gasteiger partial charge < -0.3 is 19.0 Å². The highest BCUT2D eigenvalue weighted by atomic mass is 28.4. The predicted octanol–water partition coefficient (Wildman–Crippen LogP) is 3.86.